The summed E-state index contributed by atoms with van der Waals surface area (Å²) in [5, 5.41) is 9.80. The minimum absolute atomic E-state index is 0.159. The Kier molecular flexibility index (Phi) is 52.3. The second-order valence-electron chi connectivity index (χ2n) is 19.4. The molecule has 72 heavy (non-hydrogen) atoms. The molecule has 0 aromatic carbocycles. The number of carbonyl (C=O) groups excluding carboxylic acids is 3. The number of allylic oxidation sites excluding steroid dienone is 10. The maximum Gasteiger partial charge on any atom is 0.472 e. The van der Waals surface area contributed by atoms with Gasteiger partial charge in [-0.1, -0.05) is 229 Å². The monoisotopic (exact) mass is 1030 g/mol. The Bertz CT molecular complexity index is 1440. The third kappa shape index (κ3) is 52.1. The first-order valence-electron chi connectivity index (χ1n) is 29.2. The molecule has 0 aromatic rings. The van der Waals surface area contributed by atoms with E-state index in [1.807, 2.05) is 0 Å². The quantitative estimate of drug-likeness (QED) is 0.0197. The molecule has 2 N–H and O–H groups in total. The van der Waals surface area contributed by atoms with E-state index < -0.39 is 57.8 Å². The zero-order valence-corrected chi connectivity index (χ0v) is 47.0. The maximum absolute atomic E-state index is 12.9. The van der Waals surface area contributed by atoms with E-state index >= 15 is 0 Å². The van der Waals surface area contributed by atoms with Crippen LogP contribution in [0.25, 0.3) is 0 Å². The summed E-state index contributed by atoms with van der Waals surface area (Å²) < 4.78 is 39.5. The van der Waals surface area contributed by atoms with Crippen LogP contribution in [0.15, 0.2) is 60.8 Å². The van der Waals surface area contributed by atoms with Crippen molar-refractivity contribution in [2.24, 2.45) is 0 Å². The minimum Gasteiger partial charge on any atom is -0.462 e. The topological polar surface area (TPSA) is 155 Å². The zero-order chi connectivity index (χ0) is 52.7. The number of ether oxygens (including phenoxy) is 3. The molecule has 3 atom stereocenters. The molecular formula is C60H107O11P. The van der Waals surface area contributed by atoms with Crippen molar-refractivity contribution in [1.82, 2.24) is 0 Å². The lowest BCUT2D eigenvalue weighted by molar-refractivity contribution is -0.161. The Labute approximate surface area is 440 Å². The predicted molar refractivity (Wildman–Crippen MR) is 298 cm³/mol. The van der Waals surface area contributed by atoms with Crippen LogP contribution in [0.1, 0.15) is 265 Å². The number of hydrogen-bond acceptors (Lipinski definition) is 10. The standard InChI is InChI=1S/C60H107O11P/c1-4-7-10-13-16-19-22-25-26-27-28-29-30-33-36-39-42-45-48-51-60(64)71-57(53-67-58(62)49-46-43-40-37-34-31-23-20-17-14-11-8-5-2)55-69-72(65,66)68-54-56(52-61)70-59(63)50-47-44-41-38-35-32-24-21-18-15-12-9-6-3/h8,11-12,15,17,20-21,24,31,34,56-57,61H,4-7,9-10,13-14,16,18-19,22-23,25-30,32-33,35-55H2,1-3H3,(H,65,66)/b11-8-,15-12-,20-17-,24-21-,34-31-. The lowest BCUT2D eigenvalue weighted by Crippen LogP contribution is -2.30. The summed E-state index contributed by atoms with van der Waals surface area (Å²) in [6.07, 6.45) is 59.0. The number of esters is 3. The predicted octanol–water partition coefficient (Wildman–Crippen LogP) is 17.1. The van der Waals surface area contributed by atoms with Crippen LogP contribution in [0.4, 0.5) is 0 Å². The van der Waals surface area contributed by atoms with Crippen LogP contribution in [0.3, 0.4) is 0 Å². The molecule has 11 nitrogen and oxygen atoms in total. The highest BCUT2D eigenvalue weighted by Crippen LogP contribution is 2.43. The van der Waals surface area contributed by atoms with E-state index in [-0.39, 0.29) is 25.9 Å². The summed E-state index contributed by atoms with van der Waals surface area (Å²) in [6.45, 7) is 4.44. The van der Waals surface area contributed by atoms with E-state index in [9.17, 15) is 28.9 Å². The number of aliphatic hydroxyl groups is 1. The van der Waals surface area contributed by atoms with Crippen LogP contribution < -0.4 is 0 Å². The highest BCUT2D eigenvalue weighted by Gasteiger charge is 2.28. The summed E-state index contributed by atoms with van der Waals surface area (Å²) in [7, 11) is -4.75. The first-order valence-corrected chi connectivity index (χ1v) is 30.7. The van der Waals surface area contributed by atoms with Gasteiger partial charge in [0, 0.05) is 19.3 Å². The van der Waals surface area contributed by atoms with Crippen molar-refractivity contribution in [3.8, 4) is 0 Å². The van der Waals surface area contributed by atoms with Crippen molar-refractivity contribution in [2.75, 3.05) is 26.4 Å². The van der Waals surface area contributed by atoms with Crippen molar-refractivity contribution in [3.05, 3.63) is 60.8 Å². The molecule has 0 saturated heterocycles. The molecule has 0 radical (unpaired) electrons. The van der Waals surface area contributed by atoms with E-state index in [0.29, 0.717) is 19.3 Å². The summed E-state index contributed by atoms with van der Waals surface area (Å²) >= 11 is 0. The lowest BCUT2D eigenvalue weighted by atomic mass is 10.0. The summed E-state index contributed by atoms with van der Waals surface area (Å²) in [5.41, 5.74) is 0. The van der Waals surface area contributed by atoms with E-state index in [1.54, 1.807) is 0 Å². The fraction of sp³-hybridized carbons (Fsp3) is 0.783. The highest BCUT2D eigenvalue weighted by molar-refractivity contribution is 7.47. The van der Waals surface area contributed by atoms with Gasteiger partial charge in [-0.2, -0.15) is 0 Å². The van der Waals surface area contributed by atoms with Crippen LogP contribution in [0.2, 0.25) is 0 Å². The van der Waals surface area contributed by atoms with Gasteiger partial charge >= 0.3 is 25.7 Å². The van der Waals surface area contributed by atoms with Gasteiger partial charge in [-0.15, -0.1) is 0 Å². The van der Waals surface area contributed by atoms with Crippen molar-refractivity contribution >= 4 is 25.7 Å². The molecule has 418 valence electrons. The van der Waals surface area contributed by atoms with Gasteiger partial charge in [0.25, 0.3) is 0 Å². The summed E-state index contributed by atoms with van der Waals surface area (Å²) in [6, 6.07) is 0. The molecule has 0 aliphatic carbocycles. The highest BCUT2D eigenvalue weighted by atomic mass is 31.2. The van der Waals surface area contributed by atoms with E-state index in [4.69, 9.17) is 23.3 Å². The molecule has 0 aromatic heterocycles. The van der Waals surface area contributed by atoms with Crippen LogP contribution in [-0.4, -0.2) is 66.5 Å². The van der Waals surface area contributed by atoms with Gasteiger partial charge in [-0.05, 0) is 77.0 Å². The summed E-state index contributed by atoms with van der Waals surface area (Å²) in [4.78, 5) is 48.5. The average molecular weight is 1040 g/mol. The minimum atomic E-state index is -4.75. The Morgan fingerprint density at radius 3 is 1.18 bits per heavy atom. The molecule has 3 unspecified atom stereocenters. The van der Waals surface area contributed by atoms with Gasteiger partial charge in [0.15, 0.2) is 6.10 Å². The Balaban J connectivity index is 4.71. The van der Waals surface area contributed by atoms with Crippen molar-refractivity contribution < 1.29 is 52.2 Å². The van der Waals surface area contributed by atoms with Crippen LogP contribution >= 0.6 is 7.82 Å². The molecule has 0 fully saturated rings. The number of phosphoric acid groups is 1. The van der Waals surface area contributed by atoms with Gasteiger partial charge in [-0.25, -0.2) is 4.57 Å². The van der Waals surface area contributed by atoms with Gasteiger partial charge < -0.3 is 24.2 Å². The number of rotatable bonds is 54. The fourth-order valence-corrected chi connectivity index (χ4v) is 8.78. The normalized spacial score (nSPS) is 13.8. The number of aliphatic hydroxyl groups excluding tert-OH is 1. The van der Waals surface area contributed by atoms with Gasteiger partial charge in [0.05, 0.1) is 19.8 Å². The molecule has 0 aliphatic rings. The van der Waals surface area contributed by atoms with Gasteiger partial charge in [0.2, 0.25) is 0 Å². The Hall–Kier alpha value is -2.82. The number of unbranched alkanes of at least 4 members (excludes halogenated alkanes) is 27. The Morgan fingerprint density at radius 1 is 0.403 bits per heavy atom. The molecule has 0 aliphatic heterocycles. The van der Waals surface area contributed by atoms with Gasteiger partial charge in [-0.3, -0.25) is 23.4 Å². The van der Waals surface area contributed by atoms with Gasteiger partial charge in [0.1, 0.15) is 12.7 Å². The molecule has 0 spiro atoms. The molecule has 0 amide bonds. The first kappa shape index (κ1) is 69.2. The molecule has 0 bridgehead atoms. The average Bonchev–Trinajstić information content (AvgIpc) is 3.37. The molecule has 12 heteroatoms. The van der Waals surface area contributed by atoms with Crippen LogP contribution in [-0.2, 0) is 42.2 Å². The largest absolute Gasteiger partial charge is 0.472 e. The number of hydrogen-bond donors (Lipinski definition) is 2. The van der Waals surface area contributed by atoms with E-state index in [2.05, 4.69) is 81.5 Å². The smallest absolute Gasteiger partial charge is 0.462 e. The lowest BCUT2D eigenvalue weighted by Gasteiger charge is -2.21. The SMILES string of the molecule is CC/C=C\C/C=C\C/C=C\CCCCCC(=O)OCC(COP(=O)(O)OCC(CO)OC(=O)CCCCCCC/C=C\C/C=C\CCC)OC(=O)CCCCCCCCCCCCCCCCCCCCC. The third-order valence-corrected chi connectivity index (χ3v) is 13.4. The second kappa shape index (κ2) is 54.4. The van der Waals surface area contributed by atoms with Crippen LogP contribution in [0, 0.1) is 0 Å². The fourth-order valence-electron chi connectivity index (χ4n) is 8.00. The molecular weight excluding hydrogens is 928 g/mol. The number of carbonyl (C=O) groups is 3. The zero-order valence-electron chi connectivity index (χ0n) is 46.1. The van der Waals surface area contributed by atoms with E-state index in [1.165, 1.54) is 103 Å². The van der Waals surface area contributed by atoms with Crippen molar-refractivity contribution in [3.63, 3.8) is 0 Å². The number of phosphoric ester groups is 1. The van der Waals surface area contributed by atoms with Crippen molar-refractivity contribution in [1.29, 1.82) is 0 Å². The maximum atomic E-state index is 12.9. The second-order valence-corrected chi connectivity index (χ2v) is 20.9. The van der Waals surface area contributed by atoms with E-state index in [0.717, 1.165) is 103 Å². The Morgan fingerprint density at radius 2 is 0.750 bits per heavy atom. The molecule has 0 saturated carbocycles. The molecule has 0 rings (SSSR count). The first-order chi connectivity index (χ1) is 35.2. The molecule has 0 heterocycles. The van der Waals surface area contributed by atoms with Crippen molar-refractivity contribution in [2.45, 2.75) is 277 Å². The third-order valence-electron chi connectivity index (χ3n) is 12.4. The van der Waals surface area contributed by atoms with Crippen LogP contribution in [0.5, 0.6) is 0 Å². The summed E-state index contributed by atoms with van der Waals surface area (Å²) in [5.74, 6) is -1.50.